The van der Waals surface area contributed by atoms with E-state index in [1.165, 1.54) is 7.11 Å². The lowest BCUT2D eigenvalue weighted by Crippen LogP contribution is -2.15. The van der Waals surface area contributed by atoms with E-state index in [-0.39, 0.29) is 5.75 Å². The van der Waals surface area contributed by atoms with Crippen LogP contribution in [0.1, 0.15) is 22.6 Å². The van der Waals surface area contributed by atoms with Gasteiger partial charge in [-0.05, 0) is 37.1 Å². The van der Waals surface area contributed by atoms with Crippen molar-refractivity contribution >= 4 is 5.97 Å². The van der Waals surface area contributed by atoms with Crippen LogP contribution in [0.3, 0.4) is 0 Å². The highest BCUT2D eigenvalue weighted by molar-refractivity contribution is 5.78. The summed E-state index contributed by atoms with van der Waals surface area (Å²) >= 11 is 0. The Morgan fingerprint density at radius 3 is 2.62 bits per heavy atom. The average Bonchev–Trinajstić information content (AvgIpc) is 2.44. The summed E-state index contributed by atoms with van der Waals surface area (Å²) in [4.78, 5) is 11.7. The maximum absolute atomic E-state index is 11.7. The molecule has 0 radical (unpaired) electrons. The summed E-state index contributed by atoms with van der Waals surface area (Å²) in [6.45, 7) is 1.91. The molecule has 1 unspecified atom stereocenters. The van der Waals surface area contributed by atoms with Gasteiger partial charge >= 0.3 is 5.97 Å². The Labute approximate surface area is 123 Å². The third kappa shape index (κ3) is 3.54. The molecule has 4 heteroatoms. The van der Waals surface area contributed by atoms with Crippen molar-refractivity contribution in [1.82, 2.24) is 0 Å². The highest BCUT2D eigenvalue weighted by Gasteiger charge is 2.24. The molecule has 110 valence electrons. The molecule has 0 saturated carbocycles. The average molecular weight is 286 g/mol. The van der Waals surface area contributed by atoms with E-state index in [0.717, 1.165) is 11.1 Å². The summed E-state index contributed by atoms with van der Waals surface area (Å²) in [6.07, 6.45) is 0.295. The molecule has 0 aliphatic carbocycles. The highest BCUT2D eigenvalue weighted by atomic mass is 16.5. The van der Waals surface area contributed by atoms with Gasteiger partial charge in [-0.25, -0.2) is 0 Å². The predicted octanol–water partition coefficient (Wildman–Crippen LogP) is 3.12. The van der Waals surface area contributed by atoms with Crippen molar-refractivity contribution in [3.8, 4) is 11.5 Å². The van der Waals surface area contributed by atoms with Crippen molar-refractivity contribution in [1.29, 1.82) is 0 Å². The van der Waals surface area contributed by atoms with E-state index in [2.05, 4.69) is 0 Å². The van der Waals surface area contributed by atoms with Gasteiger partial charge in [0.15, 0.2) is 0 Å². The van der Waals surface area contributed by atoms with Crippen molar-refractivity contribution in [2.75, 3.05) is 7.11 Å². The standard InChI is InChI=1S/C17H18O4/c1-11-6-7-16(21-2)14(8-11)15(17(19)20)10-12-4-3-5-13(18)9-12/h3-9,15,18H,10H2,1-2H3,(H,19,20). The maximum Gasteiger partial charge on any atom is 0.311 e. The first kappa shape index (κ1) is 14.9. The molecule has 2 aromatic rings. The number of hydrogen-bond acceptors (Lipinski definition) is 3. The zero-order valence-corrected chi connectivity index (χ0v) is 12.0. The second-order valence-electron chi connectivity index (χ2n) is 5.01. The number of rotatable bonds is 5. The Hall–Kier alpha value is -2.49. The molecule has 0 aromatic heterocycles. The van der Waals surface area contributed by atoms with Crippen LogP contribution < -0.4 is 4.74 Å². The van der Waals surface area contributed by atoms with Gasteiger partial charge in [0, 0.05) is 5.56 Å². The van der Waals surface area contributed by atoms with Crippen molar-refractivity contribution in [3.05, 3.63) is 59.2 Å². The minimum atomic E-state index is -0.915. The lowest BCUT2D eigenvalue weighted by Gasteiger charge is -2.17. The second-order valence-corrected chi connectivity index (χ2v) is 5.01. The maximum atomic E-state index is 11.7. The van der Waals surface area contributed by atoms with Gasteiger partial charge in [-0.1, -0.05) is 29.8 Å². The van der Waals surface area contributed by atoms with Crippen LogP contribution in [-0.2, 0) is 11.2 Å². The van der Waals surface area contributed by atoms with E-state index < -0.39 is 11.9 Å². The molecule has 1 atom stereocenters. The molecule has 2 rings (SSSR count). The first-order chi connectivity index (χ1) is 10.0. The molecule has 2 N–H and O–H groups in total. The Morgan fingerprint density at radius 1 is 1.24 bits per heavy atom. The second kappa shape index (κ2) is 6.31. The third-order valence-electron chi connectivity index (χ3n) is 3.41. The largest absolute Gasteiger partial charge is 0.508 e. The van der Waals surface area contributed by atoms with Crippen LogP contribution in [0, 0.1) is 6.92 Å². The van der Waals surface area contributed by atoms with E-state index in [0.29, 0.717) is 17.7 Å². The first-order valence-corrected chi connectivity index (χ1v) is 6.66. The zero-order valence-electron chi connectivity index (χ0n) is 12.0. The fourth-order valence-corrected chi connectivity index (χ4v) is 2.38. The number of benzene rings is 2. The van der Waals surface area contributed by atoms with Crippen molar-refractivity contribution in [2.45, 2.75) is 19.3 Å². The molecule has 2 aromatic carbocycles. The summed E-state index contributed by atoms with van der Waals surface area (Å²) in [7, 11) is 1.53. The van der Waals surface area contributed by atoms with Crippen molar-refractivity contribution in [2.24, 2.45) is 0 Å². The van der Waals surface area contributed by atoms with E-state index in [1.807, 2.05) is 19.1 Å². The molecule has 0 saturated heterocycles. The van der Waals surface area contributed by atoms with Crippen LogP contribution in [0.5, 0.6) is 11.5 Å². The summed E-state index contributed by atoms with van der Waals surface area (Å²) in [5, 5.41) is 19.1. The monoisotopic (exact) mass is 286 g/mol. The van der Waals surface area contributed by atoms with Crippen LogP contribution in [0.4, 0.5) is 0 Å². The molecule has 4 nitrogen and oxygen atoms in total. The minimum Gasteiger partial charge on any atom is -0.508 e. The quantitative estimate of drug-likeness (QED) is 0.886. The first-order valence-electron chi connectivity index (χ1n) is 6.66. The fraction of sp³-hybridized carbons (Fsp3) is 0.235. The van der Waals surface area contributed by atoms with Crippen LogP contribution in [0.15, 0.2) is 42.5 Å². The molecule has 0 spiro atoms. The summed E-state index contributed by atoms with van der Waals surface area (Å²) in [6, 6.07) is 12.2. The van der Waals surface area contributed by atoms with Crippen LogP contribution >= 0.6 is 0 Å². The fourth-order valence-electron chi connectivity index (χ4n) is 2.38. The number of methoxy groups -OCH3 is 1. The van der Waals surface area contributed by atoms with Gasteiger partial charge in [-0.2, -0.15) is 0 Å². The molecule has 0 aliphatic rings. The summed E-state index contributed by atoms with van der Waals surface area (Å²) < 4.78 is 5.28. The number of phenolic OH excluding ortho intramolecular Hbond substituents is 1. The molecule has 0 aliphatic heterocycles. The number of ether oxygens (including phenoxy) is 1. The number of aromatic hydroxyl groups is 1. The number of aliphatic carboxylic acids is 1. The van der Waals surface area contributed by atoms with E-state index in [1.54, 1.807) is 30.3 Å². The van der Waals surface area contributed by atoms with Gasteiger partial charge in [-0.15, -0.1) is 0 Å². The smallest absolute Gasteiger partial charge is 0.311 e. The summed E-state index contributed by atoms with van der Waals surface area (Å²) in [5.41, 5.74) is 2.40. The van der Waals surface area contributed by atoms with Gasteiger partial charge in [0.05, 0.1) is 13.0 Å². The van der Waals surface area contributed by atoms with E-state index in [9.17, 15) is 15.0 Å². The highest BCUT2D eigenvalue weighted by Crippen LogP contribution is 2.31. The molecule has 0 heterocycles. The molecular weight excluding hydrogens is 268 g/mol. The number of phenols is 1. The number of carboxylic acids is 1. The molecule has 0 amide bonds. The lowest BCUT2D eigenvalue weighted by molar-refractivity contribution is -0.138. The number of carboxylic acid groups (broad SMARTS) is 1. The minimum absolute atomic E-state index is 0.132. The SMILES string of the molecule is COc1ccc(C)cc1C(Cc1cccc(O)c1)C(=O)O. The third-order valence-corrected chi connectivity index (χ3v) is 3.41. The topological polar surface area (TPSA) is 66.8 Å². The Morgan fingerprint density at radius 2 is 2.00 bits per heavy atom. The number of aryl methyl sites for hydroxylation is 1. The van der Waals surface area contributed by atoms with E-state index >= 15 is 0 Å². The Balaban J connectivity index is 2.40. The lowest BCUT2D eigenvalue weighted by atomic mass is 9.90. The van der Waals surface area contributed by atoms with Crippen molar-refractivity contribution in [3.63, 3.8) is 0 Å². The molecule has 0 bridgehead atoms. The Kier molecular flexibility index (Phi) is 4.48. The van der Waals surface area contributed by atoms with Gasteiger partial charge < -0.3 is 14.9 Å². The molecular formula is C17H18O4. The molecule has 21 heavy (non-hydrogen) atoms. The van der Waals surface area contributed by atoms with Gasteiger partial charge in [0.25, 0.3) is 0 Å². The Bertz CT molecular complexity index is 649. The van der Waals surface area contributed by atoms with Gasteiger partial charge in [0.1, 0.15) is 11.5 Å². The predicted molar refractivity (Wildman–Crippen MR) is 79.9 cm³/mol. The van der Waals surface area contributed by atoms with Gasteiger partial charge in [-0.3, -0.25) is 4.79 Å². The van der Waals surface area contributed by atoms with Gasteiger partial charge in [0.2, 0.25) is 0 Å². The zero-order chi connectivity index (χ0) is 15.4. The van der Waals surface area contributed by atoms with Crippen LogP contribution in [0.25, 0.3) is 0 Å². The summed E-state index contributed by atoms with van der Waals surface area (Å²) in [5.74, 6) is -0.940. The number of carbonyl (C=O) groups is 1. The van der Waals surface area contributed by atoms with Crippen LogP contribution in [0.2, 0.25) is 0 Å². The normalized spacial score (nSPS) is 11.9. The molecule has 0 fully saturated rings. The van der Waals surface area contributed by atoms with E-state index in [4.69, 9.17) is 4.74 Å². The number of hydrogen-bond donors (Lipinski definition) is 2. The van der Waals surface area contributed by atoms with Crippen molar-refractivity contribution < 1.29 is 19.7 Å². The van der Waals surface area contributed by atoms with Crippen LogP contribution in [-0.4, -0.2) is 23.3 Å².